The van der Waals surface area contributed by atoms with Crippen LogP contribution in [0, 0.1) is 0 Å². The Morgan fingerprint density at radius 1 is 1.47 bits per heavy atom. The van der Waals surface area contributed by atoms with Gasteiger partial charge in [-0.1, -0.05) is 13.0 Å². The number of para-hydroxylation sites is 1. The molecule has 0 unspecified atom stereocenters. The minimum Gasteiger partial charge on any atom is -0.504 e. The molecule has 4 nitrogen and oxygen atoms in total. The molecule has 0 bridgehead atoms. The molecular formula is C13H19NO3. The van der Waals surface area contributed by atoms with Crippen LogP contribution >= 0.6 is 0 Å². The zero-order valence-corrected chi connectivity index (χ0v) is 10.7. The number of hydrogen-bond acceptors (Lipinski definition) is 3. The summed E-state index contributed by atoms with van der Waals surface area (Å²) in [5, 5.41) is 12.7. The van der Waals surface area contributed by atoms with E-state index in [0.29, 0.717) is 5.75 Å². The first-order valence-electron chi connectivity index (χ1n) is 5.59. The highest BCUT2D eigenvalue weighted by molar-refractivity contribution is 5.98. The fraction of sp³-hybridized carbons (Fsp3) is 0.462. The van der Waals surface area contributed by atoms with Gasteiger partial charge in [0, 0.05) is 5.54 Å². The highest BCUT2D eigenvalue weighted by Gasteiger charge is 2.21. The number of carbonyl (C=O) groups excluding carboxylic acids is 1. The van der Waals surface area contributed by atoms with Gasteiger partial charge in [-0.05, 0) is 32.4 Å². The largest absolute Gasteiger partial charge is 0.504 e. The monoisotopic (exact) mass is 237 g/mol. The van der Waals surface area contributed by atoms with Crippen LogP contribution in [0.2, 0.25) is 0 Å². The lowest BCUT2D eigenvalue weighted by molar-refractivity contribution is 0.0908. The second-order valence-electron chi connectivity index (χ2n) is 4.55. The van der Waals surface area contributed by atoms with Crippen molar-refractivity contribution in [3.63, 3.8) is 0 Å². The average molecular weight is 237 g/mol. The summed E-state index contributed by atoms with van der Waals surface area (Å²) < 4.78 is 4.96. The first-order chi connectivity index (χ1) is 7.91. The third-order valence-corrected chi connectivity index (χ3v) is 2.80. The Morgan fingerprint density at radius 3 is 2.65 bits per heavy atom. The van der Waals surface area contributed by atoms with Crippen LogP contribution in [0.1, 0.15) is 37.6 Å². The first-order valence-corrected chi connectivity index (χ1v) is 5.59. The lowest BCUT2D eigenvalue weighted by Crippen LogP contribution is -2.42. The number of benzene rings is 1. The van der Waals surface area contributed by atoms with Crippen molar-refractivity contribution in [3.05, 3.63) is 23.8 Å². The molecule has 0 aliphatic heterocycles. The summed E-state index contributed by atoms with van der Waals surface area (Å²) in [7, 11) is 1.45. The number of phenolic OH excluding ortho intramolecular Hbond substituents is 1. The minimum atomic E-state index is -0.299. The van der Waals surface area contributed by atoms with Crippen molar-refractivity contribution in [2.45, 2.75) is 32.7 Å². The van der Waals surface area contributed by atoms with Crippen molar-refractivity contribution in [2.24, 2.45) is 0 Å². The van der Waals surface area contributed by atoms with Crippen molar-refractivity contribution < 1.29 is 14.6 Å². The highest BCUT2D eigenvalue weighted by Crippen LogP contribution is 2.29. The second kappa shape index (κ2) is 5.08. The number of ether oxygens (including phenoxy) is 1. The summed E-state index contributed by atoms with van der Waals surface area (Å²) >= 11 is 0. The molecule has 0 radical (unpaired) electrons. The topological polar surface area (TPSA) is 58.6 Å². The normalized spacial score (nSPS) is 11.1. The molecule has 0 heterocycles. The minimum absolute atomic E-state index is 0.126. The van der Waals surface area contributed by atoms with E-state index in [1.807, 2.05) is 20.8 Å². The fourth-order valence-corrected chi connectivity index (χ4v) is 1.33. The molecule has 1 amide bonds. The van der Waals surface area contributed by atoms with Gasteiger partial charge in [0.1, 0.15) is 0 Å². The number of carbonyl (C=O) groups is 1. The van der Waals surface area contributed by atoms with Crippen LogP contribution in [0.25, 0.3) is 0 Å². The standard InChI is InChI=1S/C13H19NO3/c1-5-13(2,3)14-12(16)9-7-6-8-10(17-4)11(9)15/h6-8,15H,5H2,1-4H3,(H,14,16). The van der Waals surface area contributed by atoms with Gasteiger partial charge in [-0.25, -0.2) is 0 Å². The lowest BCUT2D eigenvalue weighted by atomic mass is 10.0. The van der Waals surface area contributed by atoms with E-state index in [1.54, 1.807) is 18.2 Å². The van der Waals surface area contributed by atoms with E-state index in [-0.39, 0.29) is 22.8 Å². The SMILES string of the molecule is CCC(C)(C)NC(=O)c1cccc(OC)c1O. The number of hydrogen-bond donors (Lipinski definition) is 2. The zero-order valence-electron chi connectivity index (χ0n) is 10.7. The van der Waals surface area contributed by atoms with Crippen LogP contribution in [-0.4, -0.2) is 23.7 Å². The molecule has 2 N–H and O–H groups in total. The Labute approximate surface area is 102 Å². The Balaban J connectivity index is 2.97. The van der Waals surface area contributed by atoms with E-state index in [9.17, 15) is 9.90 Å². The van der Waals surface area contributed by atoms with E-state index in [4.69, 9.17) is 4.74 Å². The molecule has 1 aromatic rings. The van der Waals surface area contributed by atoms with Gasteiger partial charge in [0.2, 0.25) is 0 Å². The van der Waals surface area contributed by atoms with Gasteiger partial charge in [0.25, 0.3) is 5.91 Å². The molecule has 0 aromatic heterocycles. The quantitative estimate of drug-likeness (QED) is 0.845. The van der Waals surface area contributed by atoms with Crippen LogP contribution in [0.3, 0.4) is 0 Å². The Bertz CT molecular complexity index is 413. The number of aromatic hydroxyl groups is 1. The molecule has 1 rings (SSSR count). The van der Waals surface area contributed by atoms with Crippen LogP contribution in [-0.2, 0) is 0 Å². The highest BCUT2D eigenvalue weighted by atomic mass is 16.5. The van der Waals surface area contributed by atoms with Gasteiger partial charge in [-0.2, -0.15) is 0 Å². The Morgan fingerprint density at radius 2 is 2.12 bits per heavy atom. The number of amides is 1. The van der Waals surface area contributed by atoms with Crippen molar-refractivity contribution in [2.75, 3.05) is 7.11 Å². The summed E-state index contributed by atoms with van der Waals surface area (Å²) in [6, 6.07) is 4.85. The number of nitrogens with one attached hydrogen (secondary N) is 1. The predicted molar refractivity (Wildman–Crippen MR) is 66.5 cm³/mol. The van der Waals surface area contributed by atoms with Crippen molar-refractivity contribution in [1.29, 1.82) is 0 Å². The van der Waals surface area contributed by atoms with E-state index in [2.05, 4.69) is 5.32 Å². The molecule has 1 aromatic carbocycles. The second-order valence-corrected chi connectivity index (χ2v) is 4.55. The lowest BCUT2D eigenvalue weighted by Gasteiger charge is -2.24. The molecule has 0 saturated heterocycles. The van der Waals surface area contributed by atoms with Crippen molar-refractivity contribution in [1.82, 2.24) is 5.32 Å². The van der Waals surface area contributed by atoms with Gasteiger partial charge in [-0.3, -0.25) is 4.79 Å². The van der Waals surface area contributed by atoms with E-state index in [0.717, 1.165) is 6.42 Å². The van der Waals surface area contributed by atoms with Crippen LogP contribution in [0.5, 0.6) is 11.5 Å². The molecule has 0 fully saturated rings. The summed E-state index contributed by atoms with van der Waals surface area (Å²) in [6.45, 7) is 5.86. The molecule has 17 heavy (non-hydrogen) atoms. The van der Waals surface area contributed by atoms with Crippen molar-refractivity contribution >= 4 is 5.91 Å². The molecule has 0 atom stereocenters. The summed E-state index contributed by atoms with van der Waals surface area (Å²) in [6.07, 6.45) is 0.809. The zero-order chi connectivity index (χ0) is 13.1. The van der Waals surface area contributed by atoms with Crippen LogP contribution in [0.4, 0.5) is 0 Å². The van der Waals surface area contributed by atoms with Gasteiger partial charge in [-0.15, -0.1) is 0 Å². The van der Waals surface area contributed by atoms with Gasteiger partial charge >= 0.3 is 0 Å². The fourth-order valence-electron chi connectivity index (χ4n) is 1.33. The summed E-state index contributed by atoms with van der Waals surface area (Å²) in [5.74, 6) is -0.125. The third kappa shape index (κ3) is 3.12. The summed E-state index contributed by atoms with van der Waals surface area (Å²) in [4.78, 5) is 12.0. The Kier molecular flexibility index (Phi) is 3.99. The van der Waals surface area contributed by atoms with E-state index < -0.39 is 0 Å². The maximum Gasteiger partial charge on any atom is 0.255 e. The van der Waals surface area contributed by atoms with Gasteiger partial charge in [0.15, 0.2) is 11.5 Å². The molecule has 4 heteroatoms. The summed E-state index contributed by atoms with van der Waals surface area (Å²) in [5.41, 5.74) is -0.0713. The van der Waals surface area contributed by atoms with Gasteiger partial charge < -0.3 is 15.2 Å². The molecule has 0 aliphatic rings. The maximum absolute atomic E-state index is 12.0. The first kappa shape index (κ1) is 13.4. The van der Waals surface area contributed by atoms with Crippen LogP contribution in [0.15, 0.2) is 18.2 Å². The maximum atomic E-state index is 12.0. The smallest absolute Gasteiger partial charge is 0.255 e. The van der Waals surface area contributed by atoms with Crippen molar-refractivity contribution in [3.8, 4) is 11.5 Å². The Hall–Kier alpha value is -1.71. The average Bonchev–Trinajstić information content (AvgIpc) is 2.28. The molecule has 0 saturated carbocycles. The third-order valence-electron chi connectivity index (χ3n) is 2.80. The molecule has 94 valence electrons. The molecule has 0 spiro atoms. The van der Waals surface area contributed by atoms with E-state index >= 15 is 0 Å². The van der Waals surface area contributed by atoms with Gasteiger partial charge in [0.05, 0.1) is 12.7 Å². The molecule has 0 aliphatic carbocycles. The number of methoxy groups -OCH3 is 1. The van der Waals surface area contributed by atoms with Crippen LogP contribution < -0.4 is 10.1 Å². The number of rotatable bonds is 4. The molecular weight excluding hydrogens is 218 g/mol. The number of phenols is 1. The predicted octanol–water partition coefficient (Wildman–Crippen LogP) is 2.32. The van der Waals surface area contributed by atoms with E-state index in [1.165, 1.54) is 7.11 Å².